The van der Waals surface area contributed by atoms with E-state index in [1.807, 2.05) is 12.1 Å². The summed E-state index contributed by atoms with van der Waals surface area (Å²) in [5, 5.41) is 3.40. The van der Waals surface area contributed by atoms with Crippen LogP contribution < -0.4 is 10.1 Å². The fraction of sp³-hybridized carbons (Fsp3) is 0.583. The van der Waals surface area contributed by atoms with Crippen molar-refractivity contribution in [2.75, 3.05) is 26.1 Å². The second-order valence-corrected chi connectivity index (χ2v) is 4.12. The van der Waals surface area contributed by atoms with E-state index >= 15 is 0 Å². The third-order valence-electron chi connectivity index (χ3n) is 2.84. The molecule has 0 amide bonds. The van der Waals surface area contributed by atoms with E-state index in [0.29, 0.717) is 6.04 Å². The second-order valence-electron chi connectivity index (χ2n) is 4.12. The molecule has 0 aromatic carbocycles. The first kappa shape index (κ1) is 11.2. The topological polar surface area (TPSA) is 43.4 Å². The lowest BCUT2D eigenvalue weighted by atomic mass is 10.2. The number of anilines is 1. The van der Waals surface area contributed by atoms with Crippen LogP contribution in [0.25, 0.3) is 0 Å². The highest BCUT2D eigenvalue weighted by Gasteiger charge is 2.31. The lowest BCUT2D eigenvalue weighted by molar-refractivity contribution is 0.179. The highest BCUT2D eigenvalue weighted by molar-refractivity contribution is 5.41. The molecule has 0 bridgehead atoms. The van der Waals surface area contributed by atoms with E-state index in [4.69, 9.17) is 9.47 Å². The Morgan fingerprint density at radius 1 is 1.50 bits per heavy atom. The van der Waals surface area contributed by atoms with E-state index in [9.17, 15) is 0 Å². The zero-order valence-corrected chi connectivity index (χ0v) is 9.77. The van der Waals surface area contributed by atoms with Crippen molar-refractivity contribution in [1.29, 1.82) is 0 Å². The molecule has 4 nitrogen and oxygen atoms in total. The standard InChI is InChI=1S/C12H18N2O2/c1-15-8-11(9-3-4-9)14-12-7-10(16-2)5-6-13-12/h5-7,9,11H,3-4,8H2,1-2H3,(H,13,14). The molecular formula is C12H18N2O2. The summed E-state index contributed by atoms with van der Waals surface area (Å²) in [6.07, 6.45) is 4.31. The molecule has 1 heterocycles. The second kappa shape index (κ2) is 5.16. The molecule has 0 aliphatic heterocycles. The van der Waals surface area contributed by atoms with Gasteiger partial charge in [0.2, 0.25) is 0 Å². The van der Waals surface area contributed by atoms with Crippen LogP contribution >= 0.6 is 0 Å². The van der Waals surface area contributed by atoms with E-state index in [0.717, 1.165) is 24.1 Å². The fourth-order valence-electron chi connectivity index (χ4n) is 1.78. The molecule has 1 unspecified atom stereocenters. The maximum atomic E-state index is 5.21. The summed E-state index contributed by atoms with van der Waals surface area (Å²) in [4.78, 5) is 4.27. The van der Waals surface area contributed by atoms with Gasteiger partial charge in [0.25, 0.3) is 0 Å². The van der Waals surface area contributed by atoms with Crippen molar-refractivity contribution in [3.05, 3.63) is 18.3 Å². The van der Waals surface area contributed by atoms with Crippen LogP contribution in [-0.2, 0) is 4.74 Å². The van der Waals surface area contributed by atoms with Crippen molar-refractivity contribution < 1.29 is 9.47 Å². The summed E-state index contributed by atoms with van der Waals surface area (Å²) >= 11 is 0. The largest absolute Gasteiger partial charge is 0.497 e. The molecule has 1 fully saturated rings. The number of aromatic nitrogens is 1. The van der Waals surface area contributed by atoms with Gasteiger partial charge in [-0.1, -0.05) is 0 Å². The van der Waals surface area contributed by atoms with Crippen molar-refractivity contribution in [2.24, 2.45) is 5.92 Å². The van der Waals surface area contributed by atoms with Crippen molar-refractivity contribution in [3.8, 4) is 5.75 Å². The van der Waals surface area contributed by atoms with Crippen LogP contribution in [0.2, 0.25) is 0 Å². The molecule has 88 valence electrons. The summed E-state index contributed by atoms with van der Waals surface area (Å²) in [6.45, 7) is 0.726. The highest BCUT2D eigenvalue weighted by Crippen LogP contribution is 2.34. The Kier molecular flexibility index (Phi) is 3.62. The van der Waals surface area contributed by atoms with E-state index < -0.39 is 0 Å². The molecular weight excluding hydrogens is 204 g/mol. The summed E-state index contributed by atoms with van der Waals surface area (Å²) in [6, 6.07) is 4.11. The molecule has 1 aliphatic rings. The van der Waals surface area contributed by atoms with Crippen LogP contribution in [0.3, 0.4) is 0 Å². The van der Waals surface area contributed by atoms with Gasteiger partial charge in [0.1, 0.15) is 11.6 Å². The number of nitrogens with one attached hydrogen (secondary N) is 1. The van der Waals surface area contributed by atoms with Crippen molar-refractivity contribution in [2.45, 2.75) is 18.9 Å². The molecule has 1 atom stereocenters. The van der Waals surface area contributed by atoms with Crippen LogP contribution in [-0.4, -0.2) is 31.9 Å². The minimum absolute atomic E-state index is 0.365. The smallest absolute Gasteiger partial charge is 0.129 e. The Hall–Kier alpha value is -1.29. The highest BCUT2D eigenvalue weighted by atomic mass is 16.5. The molecule has 1 aliphatic carbocycles. The average molecular weight is 222 g/mol. The van der Waals surface area contributed by atoms with Crippen LogP contribution in [0.4, 0.5) is 5.82 Å². The van der Waals surface area contributed by atoms with Gasteiger partial charge in [0.05, 0.1) is 19.8 Å². The number of rotatable bonds is 6. The number of hydrogen-bond donors (Lipinski definition) is 1. The fourth-order valence-corrected chi connectivity index (χ4v) is 1.78. The molecule has 0 spiro atoms. The first-order valence-corrected chi connectivity index (χ1v) is 5.59. The van der Waals surface area contributed by atoms with Gasteiger partial charge in [-0.2, -0.15) is 0 Å². The first-order chi connectivity index (χ1) is 7.83. The molecule has 16 heavy (non-hydrogen) atoms. The van der Waals surface area contributed by atoms with Crippen LogP contribution in [0.15, 0.2) is 18.3 Å². The predicted molar refractivity (Wildman–Crippen MR) is 62.8 cm³/mol. The maximum absolute atomic E-state index is 5.21. The zero-order chi connectivity index (χ0) is 11.4. The molecule has 1 saturated carbocycles. The number of pyridine rings is 1. The van der Waals surface area contributed by atoms with Gasteiger partial charge in [-0.3, -0.25) is 0 Å². The number of methoxy groups -OCH3 is 2. The van der Waals surface area contributed by atoms with Crippen LogP contribution in [0.1, 0.15) is 12.8 Å². The molecule has 0 radical (unpaired) electrons. The van der Waals surface area contributed by atoms with Gasteiger partial charge in [0.15, 0.2) is 0 Å². The quantitative estimate of drug-likeness (QED) is 0.798. The number of hydrogen-bond acceptors (Lipinski definition) is 4. The normalized spacial score (nSPS) is 16.9. The monoisotopic (exact) mass is 222 g/mol. The minimum atomic E-state index is 0.365. The third kappa shape index (κ3) is 2.85. The Morgan fingerprint density at radius 3 is 2.94 bits per heavy atom. The Balaban J connectivity index is 1.99. The number of nitrogens with zero attached hydrogens (tertiary/aromatic N) is 1. The lowest BCUT2D eigenvalue weighted by Gasteiger charge is -2.18. The zero-order valence-electron chi connectivity index (χ0n) is 9.77. The lowest BCUT2D eigenvalue weighted by Crippen LogP contribution is -2.27. The number of ether oxygens (including phenoxy) is 2. The van der Waals surface area contributed by atoms with Crippen LogP contribution in [0.5, 0.6) is 5.75 Å². The van der Waals surface area contributed by atoms with E-state index in [-0.39, 0.29) is 0 Å². The van der Waals surface area contributed by atoms with E-state index in [2.05, 4.69) is 10.3 Å². The molecule has 4 heteroatoms. The maximum Gasteiger partial charge on any atom is 0.129 e. The summed E-state index contributed by atoms with van der Waals surface area (Å²) in [7, 11) is 3.39. The molecule has 2 rings (SSSR count). The van der Waals surface area contributed by atoms with Crippen LogP contribution in [0, 0.1) is 5.92 Å². The molecule has 1 aromatic heterocycles. The Bertz CT molecular complexity index is 340. The minimum Gasteiger partial charge on any atom is -0.497 e. The molecule has 1 N–H and O–H groups in total. The third-order valence-corrected chi connectivity index (χ3v) is 2.84. The van der Waals surface area contributed by atoms with Crippen molar-refractivity contribution in [3.63, 3.8) is 0 Å². The van der Waals surface area contributed by atoms with E-state index in [1.54, 1.807) is 20.4 Å². The van der Waals surface area contributed by atoms with Gasteiger partial charge < -0.3 is 14.8 Å². The SMILES string of the molecule is COCC(Nc1cc(OC)ccn1)C1CC1. The van der Waals surface area contributed by atoms with Gasteiger partial charge in [-0.15, -0.1) is 0 Å². The average Bonchev–Trinajstić information content (AvgIpc) is 3.13. The van der Waals surface area contributed by atoms with Gasteiger partial charge in [0, 0.05) is 19.4 Å². The van der Waals surface area contributed by atoms with Crippen molar-refractivity contribution in [1.82, 2.24) is 4.98 Å². The Labute approximate surface area is 96.0 Å². The van der Waals surface area contributed by atoms with Gasteiger partial charge in [-0.25, -0.2) is 4.98 Å². The molecule has 1 aromatic rings. The predicted octanol–water partition coefficient (Wildman–Crippen LogP) is 1.93. The van der Waals surface area contributed by atoms with Gasteiger partial charge >= 0.3 is 0 Å². The first-order valence-electron chi connectivity index (χ1n) is 5.59. The van der Waals surface area contributed by atoms with Gasteiger partial charge in [-0.05, 0) is 24.8 Å². The molecule has 0 saturated heterocycles. The Morgan fingerprint density at radius 2 is 2.31 bits per heavy atom. The van der Waals surface area contributed by atoms with E-state index in [1.165, 1.54) is 12.8 Å². The van der Waals surface area contributed by atoms with Crippen molar-refractivity contribution >= 4 is 5.82 Å². The summed E-state index contributed by atoms with van der Waals surface area (Å²) in [5.74, 6) is 2.41. The summed E-state index contributed by atoms with van der Waals surface area (Å²) in [5.41, 5.74) is 0. The summed E-state index contributed by atoms with van der Waals surface area (Å²) < 4.78 is 10.4.